The Bertz CT molecular complexity index is 935. The molecule has 1 aliphatic heterocycles. The Morgan fingerprint density at radius 3 is 2.84 bits per heavy atom. The summed E-state index contributed by atoms with van der Waals surface area (Å²) < 4.78 is 0. The number of anilines is 2. The number of amides is 1. The molecule has 1 amide bonds. The van der Waals surface area contributed by atoms with Crippen molar-refractivity contribution in [2.75, 3.05) is 17.2 Å². The summed E-state index contributed by atoms with van der Waals surface area (Å²) in [6.45, 7) is 2.84. The summed E-state index contributed by atoms with van der Waals surface area (Å²) in [6, 6.07) is 18.4. The number of aromatic nitrogens is 1. The van der Waals surface area contributed by atoms with Gasteiger partial charge in [-0.25, -0.2) is 0 Å². The molecule has 0 bridgehead atoms. The van der Waals surface area contributed by atoms with Crippen molar-refractivity contribution in [1.82, 2.24) is 4.98 Å². The SMILES string of the molecule is CCc1cc(NCC2CC(=O)Nc3ccccc32)c2ccccc2n1. The Morgan fingerprint density at radius 1 is 1.16 bits per heavy atom. The van der Waals surface area contributed by atoms with Crippen LogP contribution in [0.5, 0.6) is 0 Å². The zero-order valence-corrected chi connectivity index (χ0v) is 14.3. The van der Waals surface area contributed by atoms with Gasteiger partial charge in [-0.1, -0.05) is 43.3 Å². The number of rotatable bonds is 4. The molecule has 4 rings (SSSR count). The maximum absolute atomic E-state index is 12.0. The van der Waals surface area contributed by atoms with Gasteiger partial charge in [0.05, 0.1) is 5.52 Å². The number of hydrogen-bond donors (Lipinski definition) is 2. The van der Waals surface area contributed by atoms with Crippen molar-refractivity contribution in [3.8, 4) is 0 Å². The number of benzene rings is 2. The van der Waals surface area contributed by atoms with Gasteiger partial charge in [-0.05, 0) is 30.2 Å². The number of pyridine rings is 1. The maximum atomic E-state index is 12.0. The smallest absolute Gasteiger partial charge is 0.225 e. The minimum atomic E-state index is 0.0827. The van der Waals surface area contributed by atoms with E-state index in [0.717, 1.165) is 40.9 Å². The fourth-order valence-electron chi connectivity index (χ4n) is 3.47. The molecule has 1 aromatic heterocycles. The molecule has 4 nitrogen and oxygen atoms in total. The Hall–Kier alpha value is -2.88. The summed E-state index contributed by atoms with van der Waals surface area (Å²) in [5.74, 6) is 0.251. The zero-order chi connectivity index (χ0) is 17.2. The second kappa shape index (κ2) is 6.55. The standard InChI is InChI=1S/C21H21N3O/c1-2-15-12-20(17-8-4-6-10-19(17)23-15)22-13-14-11-21(25)24-18-9-5-3-7-16(14)18/h3-10,12,14H,2,11,13H2,1H3,(H,22,23)(H,24,25). The van der Waals surface area contributed by atoms with Crippen LogP contribution in [-0.4, -0.2) is 17.4 Å². The minimum absolute atomic E-state index is 0.0827. The van der Waals surface area contributed by atoms with E-state index in [0.29, 0.717) is 6.42 Å². The summed E-state index contributed by atoms with van der Waals surface area (Å²) in [7, 11) is 0. The van der Waals surface area contributed by atoms with E-state index in [2.05, 4.69) is 35.8 Å². The largest absolute Gasteiger partial charge is 0.384 e. The van der Waals surface area contributed by atoms with E-state index in [1.54, 1.807) is 0 Å². The van der Waals surface area contributed by atoms with Crippen LogP contribution in [0.15, 0.2) is 54.6 Å². The van der Waals surface area contributed by atoms with Crippen molar-refractivity contribution in [1.29, 1.82) is 0 Å². The first kappa shape index (κ1) is 15.6. The van der Waals surface area contributed by atoms with Gasteiger partial charge in [0, 0.05) is 41.3 Å². The molecule has 126 valence electrons. The van der Waals surface area contributed by atoms with Crippen molar-refractivity contribution in [2.45, 2.75) is 25.7 Å². The van der Waals surface area contributed by atoms with E-state index >= 15 is 0 Å². The van der Waals surface area contributed by atoms with Crippen LogP contribution in [0.3, 0.4) is 0 Å². The van der Waals surface area contributed by atoms with E-state index in [4.69, 9.17) is 4.98 Å². The van der Waals surface area contributed by atoms with Gasteiger partial charge in [0.25, 0.3) is 0 Å². The average Bonchev–Trinajstić information content (AvgIpc) is 2.65. The second-order valence-corrected chi connectivity index (χ2v) is 6.45. The minimum Gasteiger partial charge on any atom is -0.384 e. The third-order valence-electron chi connectivity index (χ3n) is 4.78. The number of aryl methyl sites for hydroxylation is 1. The summed E-state index contributed by atoms with van der Waals surface area (Å²) in [6.07, 6.45) is 1.40. The highest BCUT2D eigenvalue weighted by atomic mass is 16.1. The molecule has 2 aromatic carbocycles. The van der Waals surface area contributed by atoms with Crippen LogP contribution in [0, 0.1) is 0 Å². The zero-order valence-electron chi connectivity index (χ0n) is 14.3. The number of nitrogens with zero attached hydrogens (tertiary/aromatic N) is 1. The summed E-state index contributed by atoms with van der Waals surface area (Å²) in [4.78, 5) is 16.7. The highest BCUT2D eigenvalue weighted by Gasteiger charge is 2.24. The lowest BCUT2D eigenvalue weighted by molar-refractivity contribution is -0.116. The van der Waals surface area contributed by atoms with Crippen molar-refractivity contribution < 1.29 is 4.79 Å². The molecule has 2 heterocycles. The first-order valence-electron chi connectivity index (χ1n) is 8.76. The number of carbonyl (C=O) groups excluding carboxylic acids is 1. The first-order valence-corrected chi connectivity index (χ1v) is 8.76. The molecule has 0 saturated carbocycles. The lowest BCUT2D eigenvalue weighted by Crippen LogP contribution is -2.26. The van der Waals surface area contributed by atoms with Gasteiger partial charge in [-0.2, -0.15) is 0 Å². The molecule has 0 radical (unpaired) electrons. The van der Waals surface area contributed by atoms with Gasteiger partial charge in [0.2, 0.25) is 5.91 Å². The lowest BCUT2D eigenvalue weighted by Gasteiger charge is -2.26. The number of nitrogens with one attached hydrogen (secondary N) is 2. The maximum Gasteiger partial charge on any atom is 0.225 e. The number of hydrogen-bond acceptors (Lipinski definition) is 3. The van der Waals surface area contributed by atoms with Gasteiger partial charge >= 0.3 is 0 Å². The summed E-state index contributed by atoms with van der Waals surface area (Å²) in [5, 5.41) is 7.65. The van der Waals surface area contributed by atoms with Gasteiger partial charge in [0.1, 0.15) is 0 Å². The Labute approximate surface area is 147 Å². The molecule has 0 aliphatic carbocycles. The summed E-state index contributed by atoms with van der Waals surface area (Å²) >= 11 is 0. The molecular formula is C21H21N3O. The molecule has 0 spiro atoms. The Balaban J connectivity index is 1.64. The molecule has 0 fully saturated rings. The molecule has 1 atom stereocenters. The van der Waals surface area contributed by atoms with E-state index < -0.39 is 0 Å². The summed E-state index contributed by atoms with van der Waals surface area (Å²) in [5.41, 5.74) is 5.29. The fourth-order valence-corrected chi connectivity index (χ4v) is 3.47. The third kappa shape index (κ3) is 3.07. The second-order valence-electron chi connectivity index (χ2n) is 6.45. The van der Waals surface area contributed by atoms with Crippen molar-refractivity contribution in [3.63, 3.8) is 0 Å². The lowest BCUT2D eigenvalue weighted by atomic mass is 9.90. The van der Waals surface area contributed by atoms with Gasteiger partial charge < -0.3 is 10.6 Å². The van der Waals surface area contributed by atoms with Crippen molar-refractivity contribution in [3.05, 3.63) is 65.9 Å². The fraction of sp³-hybridized carbons (Fsp3) is 0.238. The van der Waals surface area contributed by atoms with Gasteiger partial charge in [-0.3, -0.25) is 9.78 Å². The molecule has 2 N–H and O–H groups in total. The third-order valence-corrected chi connectivity index (χ3v) is 4.78. The van der Waals surface area contributed by atoms with Gasteiger partial charge in [0.15, 0.2) is 0 Å². The normalized spacial score (nSPS) is 16.4. The number of para-hydroxylation sites is 2. The average molecular weight is 331 g/mol. The quantitative estimate of drug-likeness (QED) is 0.748. The molecule has 1 aliphatic rings. The van der Waals surface area contributed by atoms with E-state index in [9.17, 15) is 4.79 Å². The predicted octanol–water partition coefficient (Wildman–Crippen LogP) is 4.34. The van der Waals surface area contributed by atoms with E-state index in [-0.39, 0.29) is 11.8 Å². The molecule has 4 heteroatoms. The van der Waals surface area contributed by atoms with E-state index in [1.165, 1.54) is 5.56 Å². The monoisotopic (exact) mass is 331 g/mol. The topological polar surface area (TPSA) is 54.0 Å². The highest BCUT2D eigenvalue weighted by molar-refractivity contribution is 5.95. The molecular weight excluding hydrogens is 310 g/mol. The van der Waals surface area contributed by atoms with Crippen LogP contribution >= 0.6 is 0 Å². The van der Waals surface area contributed by atoms with Crippen LogP contribution in [0.4, 0.5) is 11.4 Å². The molecule has 1 unspecified atom stereocenters. The Morgan fingerprint density at radius 2 is 1.96 bits per heavy atom. The van der Waals surface area contributed by atoms with Crippen LogP contribution in [-0.2, 0) is 11.2 Å². The molecule has 0 saturated heterocycles. The van der Waals surface area contributed by atoms with Crippen molar-refractivity contribution >= 4 is 28.2 Å². The number of fused-ring (bicyclic) bond motifs is 2. The van der Waals surface area contributed by atoms with Gasteiger partial charge in [-0.15, -0.1) is 0 Å². The Kier molecular flexibility index (Phi) is 4.10. The first-order chi connectivity index (χ1) is 12.2. The van der Waals surface area contributed by atoms with Crippen LogP contribution < -0.4 is 10.6 Å². The van der Waals surface area contributed by atoms with Crippen molar-refractivity contribution in [2.24, 2.45) is 0 Å². The van der Waals surface area contributed by atoms with Crippen LogP contribution in [0.2, 0.25) is 0 Å². The molecule has 3 aromatic rings. The van der Waals surface area contributed by atoms with Crippen LogP contribution in [0.25, 0.3) is 10.9 Å². The predicted molar refractivity (Wildman–Crippen MR) is 102 cm³/mol. The van der Waals surface area contributed by atoms with Crippen LogP contribution in [0.1, 0.15) is 30.5 Å². The highest BCUT2D eigenvalue weighted by Crippen LogP contribution is 2.33. The van der Waals surface area contributed by atoms with E-state index in [1.807, 2.05) is 36.4 Å². The number of carbonyl (C=O) groups is 1. The molecule has 25 heavy (non-hydrogen) atoms.